The first kappa shape index (κ1) is 15.3. The minimum absolute atomic E-state index is 0.0504. The van der Waals surface area contributed by atoms with Gasteiger partial charge in [-0.2, -0.15) is 0 Å². The summed E-state index contributed by atoms with van der Waals surface area (Å²) in [6.45, 7) is 0. The number of benzene rings is 2. The SMILES string of the molecule is COC(=O)c1ccc2c(c1)C(=O)N(c1cccc([N+](=O)[O-])c1)C2=O. The first-order chi connectivity index (χ1) is 11.4. The maximum Gasteiger partial charge on any atom is 0.337 e. The minimum atomic E-state index is -0.652. The Kier molecular flexibility index (Phi) is 3.57. The average Bonchev–Trinajstić information content (AvgIpc) is 2.84. The number of carbonyl (C=O) groups excluding carboxylic acids is 3. The molecule has 1 aliphatic rings. The third-order valence-corrected chi connectivity index (χ3v) is 3.61. The molecule has 0 N–H and O–H groups in total. The molecule has 120 valence electrons. The van der Waals surface area contributed by atoms with Gasteiger partial charge in [0.2, 0.25) is 0 Å². The Morgan fingerprint density at radius 3 is 2.46 bits per heavy atom. The van der Waals surface area contributed by atoms with Gasteiger partial charge in [0.1, 0.15) is 0 Å². The van der Waals surface area contributed by atoms with Crippen molar-refractivity contribution >= 4 is 29.2 Å². The zero-order valence-electron chi connectivity index (χ0n) is 12.4. The summed E-state index contributed by atoms with van der Waals surface area (Å²) in [4.78, 5) is 47.7. The number of esters is 1. The van der Waals surface area contributed by atoms with Crippen LogP contribution >= 0.6 is 0 Å². The molecule has 2 aromatic rings. The van der Waals surface area contributed by atoms with Crippen molar-refractivity contribution in [2.75, 3.05) is 12.0 Å². The first-order valence-corrected chi connectivity index (χ1v) is 6.79. The molecule has 1 aliphatic heterocycles. The van der Waals surface area contributed by atoms with Gasteiger partial charge < -0.3 is 4.74 Å². The van der Waals surface area contributed by atoms with Gasteiger partial charge in [-0.05, 0) is 24.3 Å². The van der Waals surface area contributed by atoms with Gasteiger partial charge in [0.05, 0.1) is 34.4 Å². The summed E-state index contributed by atoms with van der Waals surface area (Å²) in [6.07, 6.45) is 0. The number of hydrogen-bond donors (Lipinski definition) is 0. The molecule has 0 radical (unpaired) electrons. The van der Waals surface area contributed by atoms with E-state index in [2.05, 4.69) is 4.74 Å². The fourth-order valence-electron chi connectivity index (χ4n) is 2.47. The average molecular weight is 326 g/mol. The van der Waals surface area contributed by atoms with E-state index in [0.29, 0.717) is 0 Å². The maximum absolute atomic E-state index is 12.5. The van der Waals surface area contributed by atoms with Crippen LogP contribution in [0, 0.1) is 10.1 Å². The van der Waals surface area contributed by atoms with Gasteiger partial charge in [-0.15, -0.1) is 0 Å². The van der Waals surface area contributed by atoms with E-state index in [1.807, 2.05) is 0 Å². The van der Waals surface area contributed by atoms with Crippen LogP contribution in [0.5, 0.6) is 0 Å². The molecule has 2 amide bonds. The van der Waals surface area contributed by atoms with Gasteiger partial charge in [-0.1, -0.05) is 6.07 Å². The number of nitrogens with zero attached hydrogens (tertiary/aromatic N) is 2. The number of carbonyl (C=O) groups is 3. The molecule has 1 heterocycles. The number of nitro benzene ring substituents is 1. The number of hydrogen-bond acceptors (Lipinski definition) is 6. The lowest BCUT2D eigenvalue weighted by Crippen LogP contribution is -2.29. The highest BCUT2D eigenvalue weighted by Crippen LogP contribution is 2.31. The Hall–Kier alpha value is -3.55. The summed E-state index contributed by atoms with van der Waals surface area (Å²) in [5.74, 6) is -1.89. The van der Waals surface area contributed by atoms with Crippen molar-refractivity contribution in [3.05, 3.63) is 69.3 Å². The lowest BCUT2D eigenvalue weighted by Gasteiger charge is -2.13. The predicted molar refractivity (Wildman–Crippen MR) is 82.0 cm³/mol. The van der Waals surface area contributed by atoms with E-state index in [1.54, 1.807) is 0 Å². The second-order valence-electron chi connectivity index (χ2n) is 4.97. The van der Waals surface area contributed by atoms with E-state index in [0.717, 1.165) is 11.0 Å². The number of fused-ring (bicyclic) bond motifs is 1. The van der Waals surface area contributed by atoms with Gasteiger partial charge in [0, 0.05) is 12.1 Å². The molecule has 0 fully saturated rings. The summed E-state index contributed by atoms with van der Waals surface area (Å²) in [5, 5.41) is 10.9. The van der Waals surface area contributed by atoms with E-state index in [4.69, 9.17) is 0 Å². The first-order valence-electron chi connectivity index (χ1n) is 6.79. The van der Waals surface area contributed by atoms with Crippen molar-refractivity contribution in [2.45, 2.75) is 0 Å². The Bertz CT molecular complexity index is 905. The van der Waals surface area contributed by atoms with E-state index >= 15 is 0 Å². The van der Waals surface area contributed by atoms with Gasteiger partial charge in [0.15, 0.2) is 0 Å². The zero-order chi connectivity index (χ0) is 17.4. The van der Waals surface area contributed by atoms with Gasteiger partial charge in [0.25, 0.3) is 17.5 Å². The van der Waals surface area contributed by atoms with Crippen LogP contribution in [0.2, 0.25) is 0 Å². The normalized spacial score (nSPS) is 13.0. The molecule has 0 spiro atoms. The molecule has 0 saturated carbocycles. The molecule has 0 bridgehead atoms. The Balaban J connectivity index is 2.05. The summed E-state index contributed by atoms with van der Waals surface area (Å²) in [6, 6.07) is 9.23. The number of non-ortho nitro benzene ring substituents is 1. The quantitative estimate of drug-likeness (QED) is 0.370. The molecule has 24 heavy (non-hydrogen) atoms. The van der Waals surface area contributed by atoms with E-state index in [1.165, 1.54) is 43.5 Å². The molecule has 0 unspecified atom stereocenters. The van der Waals surface area contributed by atoms with Crippen molar-refractivity contribution in [3.63, 3.8) is 0 Å². The number of anilines is 1. The van der Waals surface area contributed by atoms with Crippen LogP contribution in [0.25, 0.3) is 0 Å². The maximum atomic E-state index is 12.5. The van der Waals surface area contributed by atoms with Crippen molar-refractivity contribution in [2.24, 2.45) is 0 Å². The van der Waals surface area contributed by atoms with Crippen molar-refractivity contribution < 1.29 is 24.0 Å². The summed E-state index contributed by atoms with van der Waals surface area (Å²) >= 11 is 0. The molecular weight excluding hydrogens is 316 g/mol. The van der Waals surface area contributed by atoms with Crippen LogP contribution in [0.4, 0.5) is 11.4 Å². The molecule has 0 saturated heterocycles. The predicted octanol–water partition coefficient (Wildman–Crippen LogP) is 2.18. The van der Waals surface area contributed by atoms with Gasteiger partial charge in [-0.25, -0.2) is 9.69 Å². The number of amides is 2. The van der Waals surface area contributed by atoms with Crippen LogP contribution in [0.1, 0.15) is 31.1 Å². The lowest BCUT2D eigenvalue weighted by molar-refractivity contribution is -0.384. The van der Waals surface area contributed by atoms with E-state index in [9.17, 15) is 24.5 Å². The van der Waals surface area contributed by atoms with Crippen molar-refractivity contribution in [1.29, 1.82) is 0 Å². The van der Waals surface area contributed by atoms with Crippen LogP contribution in [-0.4, -0.2) is 29.8 Å². The highest BCUT2D eigenvalue weighted by Gasteiger charge is 2.37. The highest BCUT2D eigenvalue weighted by atomic mass is 16.6. The van der Waals surface area contributed by atoms with E-state index < -0.39 is 22.7 Å². The Labute approximate surface area is 135 Å². The molecule has 3 rings (SSSR count). The third-order valence-electron chi connectivity index (χ3n) is 3.61. The molecule has 8 heteroatoms. The smallest absolute Gasteiger partial charge is 0.337 e. The number of imide groups is 1. The largest absolute Gasteiger partial charge is 0.465 e. The molecule has 0 aliphatic carbocycles. The number of ether oxygens (including phenoxy) is 1. The summed E-state index contributed by atoms with van der Waals surface area (Å²) in [7, 11) is 1.21. The second-order valence-corrected chi connectivity index (χ2v) is 4.97. The van der Waals surface area contributed by atoms with Gasteiger partial charge in [-0.3, -0.25) is 19.7 Å². The van der Waals surface area contributed by atoms with Gasteiger partial charge >= 0.3 is 5.97 Å². The fourth-order valence-corrected chi connectivity index (χ4v) is 2.47. The summed E-state index contributed by atoms with van der Waals surface area (Å²) < 4.78 is 4.59. The topological polar surface area (TPSA) is 107 Å². The molecular formula is C16H10N2O6. The minimum Gasteiger partial charge on any atom is -0.465 e. The van der Waals surface area contributed by atoms with Crippen molar-refractivity contribution in [1.82, 2.24) is 0 Å². The lowest BCUT2D eigenvalue weighted by atomic mass is 10.1. The Morgan fingerprint density at radius 1 is 1.08 bits per heavy atom. The molecule has 8 nitrogen and oxygen atoms in total. The fraction of sp³-hybridized carbons (Fsp3) is 0.0625. The Morgan fingerprint density at radius 2 is 1.79 bits per heavy atom. The van der Waals surface area contributed by atoms with Crippen LogP contribution in [0.15, 0.2) is 42.5 Å². The third kappa shape index (κ3) is 2.30. The van der Waals surface area contributed by atoms with Crippen LogP contribution in [0.3, 0.4) is 0 Å². The summed E-state index contributed by atoms with van der Waals surface area (Å²) in [5.41, 5.74) is 0.168. The second kappa shape index (κ2) is 5.58. The molecule has 0 aromatic heterocycles. The number of nitro groups is 1. The standard InChI is InChI=1S/C16H10N2O6/c1-24-16(21)9-5-6-12-13(7-9)15(20)17(14(12)19)10-3-2-4-11(8-10)18(22)23/h2-8H,1H3. The molecule has 0 atom stereocenters. The van der Waals surface area contributed by atoms with Crippen molar-refractivity contribution in [3.8, 4) is 0 Å². The van der Waals surface area contributed by atoms with E-state index in [-0.39, 0.29) is 28.1 Å². The zero-order valence-corrected chi connectivity index (χ0v) is 12.4. The number of rotatable bonds is 3. The highest BCUT2D eigenvalue weighted by molar-refractivity contribution is 6.34. The van der Waals surface area contributed by atoms with Crippen LogP contribution in [-0.2, 0) is 4.74 Å². The monoisotopic (exact) mass is 326 g/mol. The van der Waals surface area contributed by atoms with Crippen LogP contribution < -0.4 is 4.90 Å². The number of methoxy groups -OCH3 is 1. The molecule has 2 aromatic carbocycles.